The zero-order valence-corrected chi connectivity index (χ0v) is 13.5. The molecule has 2 aliphatic rings. The van der Waals surface area contributed by atoms with Gasteiger partial charge in [0, 0.05) is 44.3 Å². The number of hydrogen-bond acceptors (Lipinski definition) is 3. The van der Waals surface area contributed by atoms with E-state index in [1.807, 2.05) is 17.0 Å². The third kappa shape index (κ3) is 2.64. The van der Waals surface area contributed by atoms with Crippen LogP contribution in [-0.4, -0.2) is 42.0 Å². The number of carbonyl (C=O) groups is 1. The highest BCUT2D eigenvalue weighted by Crippen LogP contribution is 2.49. The first-order valence-corrected chi connectivity index (χ1v) is 8.39. The van der Waals surface area contributed by atoms with E-state index >= 15 is 0 Å². The van der Waals surface area contributed by atoms with Crippen LogP contribution in [0.4, 0.5) is 10.1 Å². The Labute approximate surface area is 140 Å². The first-order valence-electron chi connectivity index (χ1n) is 8.39. The summed E-state index contributed by atoms with van der Waals surface area (Å²) in [5.41, 5.74) is 1.69. The number of amides is 1. The van der Waals surface area contributed by atoms with Crippen molar-refractivity contribution in [3.63, 3.8) is 0 Å². The van der Waals surface area contributed by atoms with Crippen LogP contribution in [0.15, 0.2) is 48.8 Å². The minimum atomic E-state index is -0.410. The maximum atomic E-state index is 13.1. The summed E-state index contributed by atoms with van der Waals surface area (Å²) in [4.78, 5) is 21.3. The Hall–Kier alpha value is -2.43. The van der Waals surface area contributed by atoms with Gasteiger partial charge in [0.1, 0.15) is 5.82 Å². The molecule has 4 nitrogen and oxygen atoms in total. The molecular weight excluding hydrogens is 305 g/mol. The van der Waals surface area contributed by atoms with Gasteiger partial charge in [-0.2, -0.15) is 0 Å². The van der Waals surface area contributed by atoms with Crippen molar-refractivity contribution in [1.82, 2.24) is 9.88 Å². The lowest BCUT2D eigenvalue weighted by molar-refractivity contribution is -0.134. The molecule has 0 N–H and O–H groups in total. The number of pyridine rings is 1. The largest absolute Gasteiger partial charge is 0.368 e. The van der Waals surface area contributed by atoms with E-state index in [2.05, 4.69) is 9.88 Å². The maximum absolute atomic E-state index is 13.1. The van der Waals surface area contributed by atoms with Crippen LogP contribution in [0.2, 0.25) is 0 Å². The highest BCUT2D eigenvalue weighted by Gasteiger charge is 2.53. The van der Waals surface area contributed by atoms with Gasteiger partial charge >= 0.3 is 0 Å². The number of carbonyl (C=O) groups excluding carboxylic acids is 1. The molecule has 1 aliphatic heterocycles. The van der Waals surface area contributed by atoms with Crippen LogP contribution in [0.3, 0.4) is 0 Å². The number of halogens is 1. The van der Waals surface area contributed by atoms with Crippen molar-refractivity contribution in [3.05, 3.63) is 60.2 Å². The van der Waals surface area contributed by atoms with Crippen LogP contribution in [-0.2, 0) is 10.2 Å². The highest BCUT2D eigenvalue weighted by molar-refractivity contribution is 5.91. The number of benzene rings is 1. The second kappa shape index (κ2) is 5.89. The molecule has 2 aromatic rings. The SMILES string of the molecule is O=C(N1CCN(c2ccncc2)CC1)C1(c2ccc(F)cc2)CC1. The summed E-state index contributed by atoms with van der Waals surface area (Å²) in [7, 11) is 0. The van der Waals surface area contributed by atoms with Gasteiger partial charge in [-0.1, -0.05) is 12.1 Å². The lowest BCUT2D eigenvalue weighted by Gasteiger charge is -2.37. The minimum Gasteiger partial charge on any atom is -0.368 e. The fourth-order valence-electron chi connectivity index (χ4n) is 3.55. The molecular formula is C19H20FN3O. The maximum Gasteiger partial charge on any atom is 0.233 e. The van der Waals surface area contributed by atoms with Crippen molar-refractivity contribution >= 4 is 11.6 Å². The Morgan fingerprint density at radius 3 is 2.17 bits per heavy atom. The van der Waals surface area contributed by atoms with Crippen LogP contribution in [0, 0.1) is 5.82 Å². The van der Waals surface area contributed by atoms with Crippen LogP contribution < -0.4 is 4.90 Å². The molecule has 2 heterocycles. The topological polar surface area (TPSA) is 36.4 Å². The molecule has 1 aliphatic carbocycles. The zero-order chi connectivity index (χ0) is 16.6. The van der Waals surface area contributed by atoms with E-state index in [1.54, 1.807) is 24.5 Å². The van der Waals surface area contributed by atoms with E-state index in [9.17, 15) is 9.18 Å². The van der Waals surface area contributed by atoms with Crippen LogP contribution in [0.1, 0.15) is 18.4 Å². The molecule has 0 radical (unpaired) electrons. The molecule has 124 valence electrons. The van der Waals surface area contributed by atoms with Gasteiger partial charge in [0.25, 0.3) is 0 Å². The van der Waals surface area contributed by atoms with Gasteiger partial charge < -0.3 is 9.80 Å². The Morgan fingerprint density at radius 2 is 1.58 bits per heavy atom. The summed E-state index contributed by atoms with van der Waals surface area (Å²) in [6, 6.07) is 10.4. The molecule has 1 saturated carbocycles. The molecule has 0 bridgehead atoms. The number of anilines is 1. The van der Waals surface area contributed by atoms with Gasteiger partial charge in [0.05, 0.1) is 5.41 Å². The molecule has 1 aromatic heterocycles. The van der Waals surface area contributed by atoms with Crippen molar-refractivity contribution in [2.45, 2.75) is 18.3 Å². The van der Waals surface area contributed by atoms with Crippen molar-refractivity contribution in [2.75, 3.05) is 31.1 Å². The monoisotopic (exact) mass is 325 g/mol. The number of aromatic nitrogens is 1. The van der Waals surface area contributed by atoms with Gasteiger partial charge in [0.15, 0.2) is 0 Å². The fraction of sp³-hybridized carbons (Fsp3) is 0.368. The van der Waals surface area contributed by atoms with Gasteiger partial charge in [-0.05, 0) is 42.7 Å². The fourth-order valence-corrected chi connectivity index (χ4v) is 3.55. The normalized spacial score (nSPS) is 19.2. The van der Waals surface area contributed by atoms with E-state index in [4.69, 9.17) is 0 Å². The molecule has 0 unspecified atom stereocenters. The van der Waals surface area contributed by atoms with Crippen molar-refractivity contribution in [2.24, 2.45) is 0 Å². The first kappa shape index (κ1) is 15.1. The molecule has 4 rings (SSSR count). The summed E-state index contributed by atoms with van der Waals surface area (Å²) < 4.78 is 13.1. The summed E-state index contributed by atoms with van der Waals surface area (Å²) in [6.45, 7) is 3.11. The van der Waals surface area contributed by atoms with Crippen LogP contribution >= 0.6 is 0 Å². The van der Waals surface area contributed by atoms with E-state index in [1.165, 1.54) is 12.1 Å². The number of piperazine rings is 1. The number of nitrogens with zero attached hydrogens (tertiary/aromatic N) is 3. The Bertz CT molecular complexity index is 720. The lowest BCUT2D eigenvalue weighted by atomic mass is 9.94. The van der Waals surface area contributed by atoms with E-state index in [-0.39, 0.29) is 11.7 Å². The van der Waals surface area contributed by atoms with Gasteiger partial charge in [-0.15, -0.1) is 0 Å². The molecule has 24 heavy (non-hydrogen) atoms. The Kier molecular flexibility index (Phi) is 3.71. The third-order valence-corrected chi connectivity index (χ3v) is 5.15. The van der Waals surface area contributed by atoms with Crippen molar-refractivity contribution in [3.8, 4) is 0 Å². The first-order chi connectivity index (χ1) is 11.7. The summed E-state index contributed by atoms with van der Waals surface area (Å²) >= 11 is 0. The smallest absolute Gasteiger partial charge is 0.233 e. The molecule has 5 heteroatoms. The van der Waals surface area contributed by atoms with Gasteiger partial charge in [-0.3, -0.25) is 9.78 Å². The van der Waals surface area contributed by atoms with Crippen LogP contribution in [0.5, 0.6) is 0 Å². The minimum absolute atomic E-state index is 0.198. The number of rotatable bonds is 3. The van der Waals surface area contributed by atoms with E-state index < -0.39 is 5.41 Å². The van der Waals surface area contributed by atoms with Gasteiger partial charge in [0.2, 0.25) is 5.91 Å². The summed E-state index contributed by atoms with van der Waals surface area (Å²) in [6.07, 6.45) is 5.31. The zero-order valence-electron chi connectivity index (χ0n) is 13.5. The standard InChI is InChI=1S/C19H20FN3O/c20-16-3-1-15(2-4-16)19(7-8-19)18(24)23-13-11-22(12-14-23)17-5-9-21-10-6-17/h1-6,9-10H,7-8,11-14H2. The van der Waals surface area contributed by atoms with Crippen molar-refractivity contribution < 1.29 is 9.18 Å². The second-order valence-electron chi connectivity index (χ2n) is 6.57. The molecule has 1 saturated heterocycles. The molecule has 0 atom stereocenters. The Morgan fingerprint density at radius 1 is 0.958 bits per heavy atom. The highest BCUT2D eigenvalue weighted by atomic mass is 19.1. The predicted molar refractivity (Wildman–Crippen MR) is 90.3 cm³/mol. The third-order valence-electron chi connectivity index (χ3n) is 5.15. The Balaban J connectivity index is 1.44. The molecule has 1 amide bonds. The van der Waals surface area contributed by atoms with Gasteiger partial charge in [-0.25, -0.2) is 4.39 Å². The summed E-state index contributed by atoms with van der Waals surface area (Å²) in [5, 5.41) is 0. The summed E-state index contributed by atoms with van der Waals surface area (Å²) in [5.74, 6) is -0.0588. The average Bonchev–Trinajstić information content (AvgIpc) is 3.44. The van der Waals surface area contributed by atoms with Crippen LogP contribution in [0.25, 0.3) is 0 Å². The lowest BCUT2D eigenvalue weighted by Crippen LogP contribution is -2.51. The predicted octanol–water partition coefficient (Wildman–Crippen LogP) is 2.60. The second-order valence-corrected chi connectivity index (χ2v) is 6.57. The van der Waals surface area contributed by atoms with Crippen molar-refractivity contribution in [1.29, 1.82) is 0 Å². The van der Waals surface area contributed by atoms with E-state index in [0.717, 1.165) is 50.3 Å². The molecule has 1 aromatic carbocycles. The average molecular weight is 325 g/mol. The quantitative estimate of drug-likeness (QED) is 0.870. The van der Waals surface area contributed by atoms with E-state index in [0.29, 0.717) is 0 Å². The number of hydrogen-bond donors (Lipinski definition) is 0. The molecule has 0 spiro atoms. The molecule has 2 fully saturated rings.